The molecule has 0 bridgehead atoms. The fourth-order valence-corrected chi connectivity index (χ4v) is 7.21. The molecule has 0 aliphatic carbocycles. The van der Waals surface area contributed by atoms with Crippen LogP contribution >= 0.6 is 11.6 Å². The first-order valence-corrected chi connectivity index (χ1v) is 14.1. The highest BCUT2D eigenvalue weighted by molar-refractivity contribution is 7.89. The van der Waals surface area contributed by atoms with E-state index in [1.54, 1.807) is 28.6 Å². The third kappa shape index (κ3) is 4.71. The van der Waals surface area contributed by atoms with Crippen LogP contribution in [0.3, 0.4) is 0 Å². The highest BCUT2D eigenvalue weighted by Gasteiger charge is 2.49. The molecule has 1 saturated heterocycles. The molecule has 1 N–H and O–H groups in total. The molecule has 3 atom stereocenters. The molecule has 0 spiro atoms. The van der Waals surface area contributed by atoms with Gasteiger partial charge in [0, 0.05) is 35.1 Å². The molecule has 2 heterocycles. The number of nitrogens with zero attached hydrogens (tertiary/aromatic N) is 1. The first kappa shape index (κ1) is 25.0. The van der Waals surface area contributed by atoms with Crippen LogP contribution in [0.2, 0.25) is 5.02 Å². The predicted octanol–water partition coefficient (Wildman–Crippen LogP) is 6.26. The maximum absolute atomic E-state index is 14.0. The lowest BCUT2D eigenvalue weighted by molar-refractivity contribution is 0.130. The van der Waals surface area contributed by atoms with Crippen molar-refractivity contribution in [1.82, 2.24) is 9.62 Å². The summed E-state index contributed by atoms with van der Waals surface area (Å²) in [6.45, 7) is 4.94. The van der Waals surface area contributed by atoms with E-state index in [9.17, 15) is 8.42 Å². The second kappa shape index (κ2) is 10.0. The van der Waals surface area contributed by atoms with Gasteiger partial charge in [-0.1, -0.05) is 72.3 Å². The number of nitrogens with one attached hydrogen (secondary N) is 1. The Labute approximate surface area is 218 Å². The van der Waals surface area contributed by atoms with Gasteiger partial charge in [0.25, 0.3) is 0 Å². The van der Waals surface area contributed by atoms with Crippen LogP contribution in [0.15, 0.2) is 101 Å². The molecule has 3 aromatic carbocycles. The van der Waals surface area contributed by atoms with Gasteiger partial charge in [0.1, 0.15) is 5.76 Å². The second-order valence-corrected chi connectivity index (χ2v) is 11.9. The van der Waals surface area contributed by atoms with Gasteiger partial charge < -0.3 is 10.1 Å². The van der Waals surface area contributed by atoms with Gasteiger partial charge in [0.15, 0.2) is 0 Å². The van der Waals surface area contributed by atoms with Crippen molar-refractivity contribution < 1.29 is 13.2 Å². The van der Waals surface area contributed by atoms with Crippen molar-refractivity contribution in [2.75, 3.05) is 13.2 Å². The van der Waals surface area contributed by atoms with E-state index in [2.05, 4.69) is 24.4 Å². The SMILES string of the molecule is CCOC1=C2CN(S(=O)(=O)c3ccc(Cl)cc3)C(c3ccccc3)C[C@]2(C)NC(c2ccccc2)C1. The minimum Gasteiger partial charge on any atom is -0.498 e. The monoisotopic (exact) mass is 522 g/mol. The standard InChI is InChI=1S/C29H31ClN2O3S/c1-3-35-28-18-26(21-10-6-4-7-11-21)31-29(2)19-27(22-12-8-5-9-13-22)32(20-25(28)29)36(33,34)24-16-14-23(30)15-17-24/h4-17,26-27,31H,3,18-20H2,1-2H3/t26?,27?,29-/m0/s1. The highest BCUT2D eigenvalue weighted by Crippen LogP contribution is 2.47. The molecule has 7 heteroatoms. The van der Waals surface area contributed by atoms with Crippen molar-refractivity contribution in [2.45, 2.75) is 49.2 Å². The highest BCUT2D eigenvalue weighted by atomic mass is 35.5. The van der Waals surface area contributed by atoms with E-state index in [0.29, 0.717) is 24.5 Å². The molecule has 2 aliphatic heterocycles. The first-order valence-electron chi connectivity index (χ1n) is 12.3. The molecule has 0 radical (unpaired) electrons. The molecular formula is C29H31ClN2O3S. The summed E-state index contributed by atoms with van der Waals surface area (Å²) in [5, 5.41) is 4.38. The molecule has 36 heavy (non-hydrogen) atoms. The van der Waals surface area contributed by atoms with Gasteiger partial charge >= 0.3 is 0 Å². The minimum atomic E-state index is -3.80. The van der Waals surface area contributed by atoms with E-state index in [0.717, 1.165) is 16.9 Å². The topological polar surface area (TPSA) is 58.6 Å². The Hall–Kier alpha value is -2.64. The van der Waals surface area contributed by atoms with Crippen molar-refractivity contribution in [3.8, 4) is 0 Å². The van der Waals surface area contributed by atoms with Gasteiger partial charge in [-0.15, -0.1) is 0 Å². The van der Waals surface area contributed by atoms with E-state index in [1.165, 1.54) is 5.56 Å². The predicted molar refractivity (Wildman–Crippen MR) is 143 cm³/mol. The van der Waals surface area contributed by atoms with Crippen LogP contribution < -0.4 is 5.32 Å². The van der Waals surface area contributed by atoms with Gasteiger partial charge in [-0.25, -0.2) is 8.42 Å². The summed E-state index contributed by atoms with van der Waals surface area (Å²) in [4.78, 5) is 0.237. The summed E-state index contributed by atoms with van der Waals surface area (Å²) in [6, 6.07) is 26.4. The van der Waals surface area contributed by atoms with Gasteiger partial charge in [-0.3, -0.25) is 0 Å². The van der Waals surface area contributed by atoms with Crippen LogP contribution in [0.1, 0.15) is 49.9 Å². The van der Waals surface area contributed by atoms with Crippen LogP contribution in [0.25, 0.3) is 0 Å². The van der Waals surface area contributed by atoms with E-state index >= 15 is 0 Å². The largest absolute Gasteiger partial charge is 0.498 e. The lowest BCUT2D eigenvalue weighted by atomic mass is 9.75. The first-order chi connectivity index (χ1) is 17.3. The van der Waals surface area contributed by atoms with Crippen molar-refractivity contribution in [3.05, 3.63) is 112 Å². The molecular weight excluding hydrogens is 492 g/mol. The zero-order chi connectivity index (χ0) is 25.3. The Morgan fingerprint density at radius 2 is 1.58 bits per heavy atom. The minimum absolute atomic E-state index is 0.0809. The molecule has 0 aromatic heterocycles. The zero-order valence-corrected chi connectivity index (χ0v) is 22.1. The van der Waals surface area contributed by atoms with E-state index < -0.39 is 15.6 Å². The fourth-order valence-electron chi connectivity index (χ4n) is 5.50. The summed E-state index contributed by atoms with van der Waals surface area (Å²) < 4.78 is 35.8. The number of halogens is 1. The summed E-state index contributed by atoms with van der Waals surface area (Å²) in [5.74, 6) is 0.885. The van der Waals surface area contributed by atoms with Crippen LogP contribution in [-0.2, 0) is 14.8 Å². The molecule has 2 aliphatic rings. The zero-order valence-electron chi connectivity index (χ0n) is 20.5. The molecule has 188 valence electrons. The Morgan fingerprint density at radius 1 is 0.972 bits per heavy atom. The van der Waals surface area contributed by atoms with Gasteiger partial charge in [-0.05, 0) is 55.7 Å². The molecule has 1 fully saturated rings. The van der Waals surface area contributed by atoms with Crippen LogP contribution in [0, 0.1) is 0 Å². The summed E-state index contributed by atoms with van der Waals surface area (Å²) in [7, 11) is -3.80. The van der Waals surface area contributed by atoms with E-state index in [1.807, 2.05) is 55.5 Å². The Balaban J connectivity index is 1.62. The van der Waals surface area contributed by atoms with Crippen LogP contribution in [0.5, 0.6) is 0 Å². The maximum atomic E-state index is 14.0. The van der Waals surface area contributed by atoms with Crippen molar-refractivity contribution in [3.63, 3.8) is 0 Å². The number of benzene rings is 3. The number of fused-ring (bicyclic) bond motifs is 1. The lowest BCUT2D eigenvalue weighted by Gasteiger charge is -2.51. The second-order valence-electron chi connectivity index (χ2n) is 9.61. The Kier molecular flexibility index (Phi) is 6.97. The molecule has 0 saturated carbocycles. The smallest absolute Gasteiger partial charge is 0.243 e. The third-order valence-corrected chi connectivity index (χ3v) is 9.39. The average Bonchev–Trinajstić information content (AvgIpc) is 2.89. The van der Waals surface area contributed by atoms with Gasteiger partial charge in [0.2, 0.25) is 10.0 Å². The number of sulfonamides is 1. The van der Waals surface area contributed by atoms with Crippen molar-refractivity contribution in [2.24, 2.45) is 0 Å². The summed E-state index contributed by atoms with van der Waals surface area (Å²) in [5.41, 5.74) is 2.73. The number of piperidine rings is 1. The lowest BCUT2D eigenvalue weighted by Crippen LogP contribution is -2.58. The summed E-state index contributed by atoms with van der Waals surface area (Å²) in [6.07, 6.45) is 1.26. The molecule has 5 nitrogen and oxygen atoms in total. The quantitative estimate of drug-likeness (QED) is 0.415. The Morgan fingerprint density at radius 3 is 2.19 bits per heavy atom. The molecule has 0 amide bonds. The molecule has 3 aromatic rings. The van der Waals surface area contributed by atoms with E-state index in [-0.39, 0.29) is 23.5 Å². The average molecular weight is 523 g/mol. The van der Waals surface area contributed by atoms with Gasteiger partial charge in [0.05, 0.1) is 17.5 Å². The fraction of sp³-hybridized carbons (Fsp3) is 0.310. The number of ether oxygens (including phenoxy) is 1. The van der Waals surface area contributed by atoms with E-state index in [4.69, 9.17) is 16.3 Å². The number of hydrogen-bond donors (Lipinski definition) is 1. The third-order valence-electron chi connectivity index (χ3n) is 7.27. The molecule has 5 rings (SSSR count). The van der Waals surface area contributed by atoms with Crippen LogP contribution in [0.4, 0.5) is 0 Å². The number of rotatable bonds is 6. The van der Waals surface area contributed by atoms with Crippen molar-refractivity contribution >= 4 is 21.6 Å². The normalized spacial score (nSPS) is 24.9. The summed E-state index contributed by atoms with van der Waals surface area (Å²) >= 11 is 6.06. The Bertz CT molecular complexity index is 1340. The molecule has 2 unspecified atom stereocenters. The van der Waals surface area contributed by atoms with Crippen molar-refractivity contribution in [1.29, 1.82) is 0 Å². The van der Waals surface area contributed by atoms with Gasteiger partial charge in [-0.2, -0.15) is 4.31 Å². The number of hydrogen-bond acceptors (Lipinski definition) is 4. The maximum Gasteiger partial charge on any atom is 0.243 e. The van der Waals surface area contributed by atoms with Crippen LogP contribution in [-0.4, -0.2) is 31.4 Å².